The van der Waals surface area contributed by atoms with Crippen LogP contribution in [0.25, 0.3) is 0 Å². The van der Waals surface area contributed by atoms with E-state index in [1.165, 1.54) is 18.4 Å². The second-order valence-electron chi connectivity index (χ2n) is 4.61. The lowest BCUT2D eigenvalue weighted by molar-refractivity contribution is 0.503. The average molecular weight is 240 g/mol. The van der Waals surface area contributed by atoms with Gasteiger partial charge in [0.15, 0.2) is 0 Å². The molecule has 0 aromatic carbocycles. The van der Waals surface area contributed by atoms with Crippen molar-refractivity contribution in [3.63, 3.8) is 0 Å². The maximum absolute atomic E-state index is 4.33. The lowest BCUT2D eigenvalue weighted by Gasteiger charge is -2.32. The number of anilines is 1. The number of hydrogen-bond acceptors (Lipinski definition) is 4. The lowest BCUT2D eigenvalue weighted by Crippen LogP contribution is -2.35. The van der Waals surface area contributed by atoms with Crippen LogP contribution in [-0.4, -0.2) is 28.0 Å². The first-order valence-electron chi connectivity index (χ1n) is 6.35. The molecule has 0 aliphatic carbocycles. The van der Waals surface area contributed by atoms with Crippen LogP contribution in [-0.2, 0) is 0 Å². The number of piperidine rings is 1. The van der Waals surface area contributed by atoms with E-state index in [2.05, 4.69) is 32.0 Å². The highest BCUT2D eigenvalue weighted by Crippen LogP contribution is 2.27. The molecule has 4 nitrogen and oxygen atoms in total. The predicted molar refractivity (Wildman–Crippen MR) is 70.5 cm³/mol. The molecule has 0 bridgehead atoms. The summed E-state index contributed by atoms with van der Waals surface area (Å²) in [6.07, 6.45) is 9.76. The first-order valence-corrected chi connectivity index (χ1v) is 6.35. The second kappa shape index (κ2) is 5.12. The Morgan fingerprint density at radius 2 is 1.83 bits per heavy atom. The van der Waals surface area contributed by atoms with E-state index in [1.807, 2.05) is 18.5 Å². The first-order chi connectivity index (χ1) is 8.93. The van der Waals surface area contributed by atoms with Crippen molar-refractivity contribution in [3.8, 4) is 0 Å². The quantitative estimate of drug-likeness (QED) is 0.807. The van der Waals surface area contributed by atoms with Gasteiger partial charge in [0.05, 0.1) is 0 Å². The molecule has 0 saturated carbocycles. The fraction of sp³-hybridized carbons (Fsp3) is 0.357. The summed E-state index contributed by atoms with van der Waals surface area (Å²) in [5.74, 6) is 1.40. The third-order valence-electron chi connectivity index (χ3n) is 3.43. The molecule has 2 aromatic heterocycles. The Bertz CT molecular complexity index is 440. The van der Waals surface area contributed by atoms with E-state index >= 15 is 0 Å². The van der Waals surface area contributed by atoms with Gasteiger partial charge in [-0.15, -0.1) is 0 Å². The molecule has 18 heavy (non-hydrogen) atoms. The Morgan fingerprint density at radius 3 is 2.61 bits per heavy atom. The zero-order valence-corrected chi connectivity index (χ0v) is 10.2. The van der Waals surface area contributed by atoms with Crippen LogP contribution in [0, 0.1) is 0 Å². The van der Waals surface area contributed by atoms with Crippen LogP contribution in [0.5, 0.6) is 0 Å². The standard InChI is InChI=1S/C14H16N4/c1-3-13(12-4-8-15-9-5-12)11-18(10-1)14-16-6-2-7-17-14/h2,4-9,13H,1,3,10-11H2/t13-/m1/s1. The van der Waals surface area contributed by atoms with Crippen LogP contribution >= 0.6 is 0 Å². The zero-order valence-electron chi connectivity index (χ0n) is 10.2. The van der Waals surface area contributed by atoms with E-state index in [4.69, 9.17) is 0 Å². The van der Waals surface area contributed by atoms with E-state index in [9.17, 15) is 0 Å². The molecule has 1 aliphatic rings. The van der Waals surface area contributed by atoms with Crippen molar-refractivity contribution in [2.75, 3.05) is 18.0 Å². The minimum Gasteiger partial charge on any atom is -0.340 e. The molecular formula is C14H16N4. The van der Waals surface area contributed by atoms with Crippen LogP contribution in [0.4, 0.5) is 5.95 Å². The highest BCUT2D eigenvalue weighted by Gasteiger charge is 2.22. The summed E-state index contributed by atoms with van der Waals surface area (Å²) >= 11 is 0. The Balaban J connectivity index is 1.77. The van der Waals surface area contributed by atoms with Crippen molar-refractivity contribution in [1.82, 2.24) is 15.0 Å². The van der Waals surface area contributed by atoms with E-state index in [0.717, 1.165) is 19.0 Å². The Hall–Kier alpha value is -1.97. The van der Waals surface area contributed by atoms with Crippen molar-refractivity contribution in [3.05, 3.63) is 48.5 Å². The fourth-order valence-corrected chi connectivity index (χ4v) is 2.52. The molecule has 4 heteroatoms. The van der Waals surface area contributed by atoms with Gasteiger partial charge in [0, 0.05) is 43.8 Å². The van der Waals surface area contributed by atoms with Crippen molar-refractivity contribution in [2.24, 2.45) is 0 Å². The smallest absolute Gasteiger partial charge is 0.225 e. The topological polar surface area (TPSA) is 41.9 Å². The van der Waals surface area contributed by atoms with Crippen molar-refractivity contribution >= 4 is 5.95 Å². The maximum atomic E-state index is 4.33. The molecule has 2 aromatic rings. The van der Waals surface area contributed by atoms with Gasteiger partial charge in [-0.1, -0.05) is 0 Å². The normalized spacial score (nSPS) is 19.8. The van der Waals surface area contributed by atoms with Crippen LogP contribution in [0.15, 0.2) is 43.0 Å². The van der Waals surface area contributed by atoms with Crippen LogP contribution in [0.3, 0.4) is 0 Å². The number of hydrogen-bond donors (Lipinski definition) is 0. The van der Waals surface area contributed by atoms with E-state index < -0.39 is 0 Å². The Morgan fingerprint density at radius 1 is 1.06 bits per heavy atom. The molecule has 0 radical (unpaired) electrons. The van der Waals surface area contributed by atoms with Crippen molar-refractivity contribution < 1.29 is 0 Å². The van der Waals surface area contributed by atoms with Gasteiger partial charge in [-0.05, 0) is 36.6 Å². The summed E-state index contributed by atoms with van der Waals surface area (Å²) in [5, 5.41) is 0. The van der Waals surface area contributed by atoms with E-state index in [0.29, 0.717) is 5.92 Å². The molecule has 0 amide bonds. The van der Waals surface area contributed by atoms with Crippen molar-refractivity contribution in [2.45, 2.75) is 18.8 Å². The minimum absolute atomic E-state index is 0.561. The van der Waals surface area contributed by atoms with E-state index in [1.54, 1.807) is 12.4 Å². The van der Waals surface area contributed by atoms with Gasteiger partial charge in [0.2, 0.25) is 5.95 Å². The molecule has 0 N–H and O–H groups in total. The number of pyridine rings is 1. The molecule has 1 atom stereocenters. The predicted octanol–water partition coefficient (Wildman–Crippen LogP) is 2.26. The Kier molecular flexibility index (Phi) is 3.17. The fourth-order valence-electron chi connectivity index (χ4n) is 2.52. The molecule has 1 saturated heterocycles. The van der Waals surface area contributed by atoms with Gasteiger partial charge < -0.3 is 4.90 Å². The van der Waals surface area contributed by atoms with Gasteiger partial charge in [0.25, 0.3) is 0 Å². The SMILES string of the molecule is c1cnc(N2CCC[C@@H](c3ccncc3)C2)nc1. The van der Waals surface area contributed by atoms with Gasteiger partial charge in [-0.3, -0.25) is 4.98 Å². The van der Waals surface area contributed by atoms with Gasteiger partial charge in [-0.25, -0.2) is 9.97 Å². The van der Waals surface area contributed by atoms with Crippen LogP contribution in [0.2, 0.25) is 0 Å². The summed E-state index contributed by atoms with van der Waals surface area (Å²) in [7, 11) is 0. The monoisotopic (exact) mass is 240 g/mol. The molecule has 3 rings (SSSR count). The van der Waals surface area contributed by atoms with Crippen LogP contribution < -0.4 is 4.90 Å². The molecule has 1 fully saturated rings. The molecule has 92 valence electrons. The third kappa shape index (κ3) is 2.32. The van der Waals surface area contributed by atoms with Gasteiger partial charge >= 0.3 is 0 Å². The highest BCUT2D eigenvalue weighted by molar-refractivity contribution is 5.32. The summed E-state index contributed by atoms with van der Waals surface area (Å²) in [6.45, 7) is 2.04. The van der Waals surface area contributed by atoms with E-state index in [-0.39, 0.29) is 0 Å². The summed E-state index contributed by atoms with van der Waals surface area (Å²) < 4.78 is 0. The highest BCUT2D eigenvalue weighted by atomic mass is 15.2. The molecule has 3 heterocycles. The largest absolute Gasteiger partial charge is 0.340 e. The number of rotatable bonds is 2. The zero-order chi connectivity index (χ0) is 12.2. The van der Waals surface area contributed by atoms with Gasteiger partial charge in [0.1, 0.15) is 0 Å². The van der Waals surface area contributed by atoms with Gasteiger partial charge in [-0.2, -0.15) is 0 Å². The molecule has 0 unspecified atom stereocenters. The average Bonchev–Trinajstić information content (AvgIpc) is 2.49. The lowest BCUT2D eigenvalue weighted by atomic mass is 9.91. The molecule has 0 spiro atoms. The summed E-state index contributed by atoms with van der Waals surface area (Å²) in [4.78, 5) is 15.0. The van der Waals surface area contributed by atoms with Crippen LogP contribution in [0.1, 0.15) is 24.3 Å². The summed E-state index contributed by atoms with van der Waals surface area (Å²) in [5.41, 5.74) is 1.37. The first kappa shape index (κ1) is 11.1. The summed E-state index contributed by atoms with van der Waals surface area (Å²) in [6, 6.07) is 6.08. The maximum Gasteiger partial charge on any atom is 0.225 e. The number of aromatic nitrogens is 3. The second-order valence-corrected chi connectivity index (χ2v) is 4.61. The molecule has 1 aliphatic heterocycles. The minimum atomic E-state index is 0.561. The Labute approximate surface area is 107 Å². The number of nitrogens with zero attached hydrogens (tertiary/aromatic N) is 4. The van der Waals surface area contributed by atoms with Crippen molar-refractivity contribution in [1.29, 1.82) is 0 Å². The molecular weight excluding hydrogens is 224 g/mol. The third-order valence-corrected chi connectivity index (χ3v) is 3.43.